The van der Waals surface area contributed by atoms with Gasteiger partial charge in [-0.05, 0) is 34.7 Å². The topological polar surface area (TPSA) is 17.1 Å². The molecule has 0 fully saturated rings. The van der Waals surface area contributed by atoms with Crippen molar-refractivity contribution in [2.24, 2.45) is 0 Å². The van der Waals surface area contributed by atoms with E-state index >= 15 is 0 Å². The smallest absolute Gasteiger partial charge is 0.150 e. The Hall–Kier alpha value is -1.63. The predicted octanol–water partition coefficient (Wildman–Crippen LogP) is 2.75. The van der Waals surface area contributed by atoms with Gasteiger partial charge in [0.05, 0.1) is 0 Å². The zero-order valence-corrected chi connectivity index (χ0v) is 7.79. The molecule has 0 N–H and O–H groups in total. The van der Waals surface area contributed by atoms with Crippen molar-refractivity contribution >= 4 is 17.1 Å². The molecule has 0 saturated heterocycles. The quantitative estimate of drug-likeness (QED) is 0.620. The molecule has 14 heavy (non-hydrogen) atoms. The van der Waals surface area contributed by atoms with Crippen LogP contribution in [0.5, 0.6) is 0 Å². The first kappa shape index (κ1) is 7.74. The lowest BCUT2D eigenvalue weighted by Gasteiger charge is -2.22. The Bertz CT molecular complexity index is 526. The number of hydrogen-bond acceptors (Lipinski definition) is 1. The highest BCUT2D eigenvalue weighted by molar-refractivity contribution is 6.00. The van der Waals surface area contributed by atoms with Gasteiger partial charge in [0.15, 0.2) is 6.29 Å². The van der Waals surface area contributed by atoms with Crippen LogP contribution in [0.15, 0.2) is 30.3 Å². The second kappa shape index (κ2) is 2.68. The summed E-state index contributed by atoms with van der Waals surface area (Å²) < 4.78 is 0. The molecule has 0 radical (unpaired) electrons. The van der Waals surface area contributed by atoms with E-state index in [2.05, 4.69) is 12.1 Å². The zero-order valence-electron chi connectivity index (χ0n) is 7.79. The molecule has 2 aromatic carbocycles. The van der Waals surface area contributed by atoms with Crippen molar-refractivity contribution < 1.29 is 4.79 Å². The number of aldehydes is 1. The average molecular weight is 182 g/mol. The van der Waals surface area contributed by atoms with Crippen LogP contribution in [0, 0.1) is 0 Å². The third-order valence-electron chi connectivity index (χ3n) is 3.06. The number of rotatable bonds is 1. The fraction of sp³-hybridized carbons (Fsp3) is 0.154. The Kier molecular flexibility index (Phi) is 1.48. The van der Waals surface area contributed by atoms with Gasteiger partial charge in [-0.3, -0.25) is 4.79 Å². The standard InChI is InChI=1S/C13H10O/c14-8-13-11-4-2-1-3-9(11)7-10-5-6-12(10)13/h1-4,7-8H,5-6H2. The number of hydrogen-bond donors (Lipinski definition) is 0. The Labute approximate surface area is 82.4 Å². The minimum Gasteiger partial charge on any atom is -0.298 e. The first-order valence-electron chi connectivity index (χ1n) is 4.89. The molecular weight excluding hydrogens is 172 g/mol. The van der Waals surface area contributed by atoms with E-state index < -0.39 is 0 Å². The molecule has 0 heterocycles. The molecule has 0 bridgehead atoms. The molecule has 1 aliphatic carbocycles. The van der Waals surface area contributed by atoms with Gasteiger partial charge in [-0.2, -0.15) is 0 Å². The van der Waals surface area contributed by atoms with Crippen LogP contribution in [0.2, 0.25) is 0 Å². The second-order valence-corrected chi connectivity index (χ2v) is 3.77. The first-order valence-corrected chi connectivity index (χ1v) is 4.89. The summed E-state index contributed by atoms with van der Waals surface area (Å²) >= 11 is 0. The van der Waals surface area contributed by atoms with Gasteiger partial charge < -0.3 is 0 Å². The van der Waals surface area contributed by atoms with Gasteiger partial charge in [-0.15, -0.1) is 0 Å². The average Bonchev–Trinajstić information content (AvgIpc) is 2.20. The van der Waals surface area contributed by atoms with Gasteiger partial charge in [-0.1, -0.05) is 30.3 Å². The number of aryl methyl sites for hydroxylation is 1. The predicted molar refractivity (Wildman–Crippen MR) is 56.7 cm³/mol. The van der Waals surface area contributed by atoms with E-state index in [-0.39, 0.29) is 0 Å². The summed E-state index contributed by atoms with van der Waals surface area (Å²) in [7, 11) is 0. The van der Waals surface area contributed by atoms with Crippen LogP contribution in [0.4, 0.5) is 0 Å². The van der Waals surface area contributed by atoms with E-state index in [1.165, 1.54) is 16.5 Å². The first-order chi connectivity index (χ1) is 6.90. The van der Waals surface area contributed by atoms with Crippen molar-refractivity contribution in [2.45, 2.75) is 12.8 Å². The minimum absolute atomic E-state index is 0.907. The number of carbonyl (C=O) groups excluding carboxylic acids is 1. The van der Waals surface area contributed by atoms with Gasteiger partial charge in [0.25, 0.3) is 0 Å². The molecule has 1 heteroatoms. The molecular formula is C13H10O. The van der Waals surface area contributed by atoms with Crippen LogP contribution in [0.1, 0.15) is 21.5 Å². The molecule has 0 unspecified atom stereocenters. The number of benzene rings is 2. The van der Waals surface area contributed by atoms with Crippen LogP contribution in [0.3, 0.4) is 0 Å². The third kappa shape index (κ3) is 0.869. The summed E-state index contributed by atoms with van der Waals surface area (Å²) in [6.07, 6.45) is 3.19. The van der Waals surface area contributed by atoms with Crippen LogP contribution in [-0.4, -0.2) is 6.29 Å². The maximum absolute atomic E-state index is 11.0. The maximum atomic E-state index is 11.0. The lowest BCUT2D eigenvalue weighted by atomic mass is 9.82. The zero-order chi connectivity index (χ0) is 9.54. The Morgan fingerprint density at radius 2 is 2.00 bits per heavy atom. The Morgan fingerprint density at radius 3 is 2.71 bits per heavy atom. The molecule has 1 aliphatic rings. The van der Waals surface area contributed by atoms with Crippen molar-refractivity contribution in [1.82, 2.24) is 0 Å². The van der Waals surface area contributed by atoms with Gasteiger partial charge in [0.2, 0.25) is 0 Å². The third-order valence-corrected chi connectivity index (χ3v) is 3.06. The van der Waals surface area contributed by atoms with E-state index in [4.69, 9.17) is 0 Å². The lowest BCUT2D eigenvalue weighted by molar-refractivity contribution is 0.112. The van der Waals surface area contributed by atoms with Crippen molar-refractivity contribution in [3.63, 3.8) is 0 Å². The molecule has 0 amide bonds. The SMILES string of the molecule is O=Cc1c2c(cc3ccccc13)CC2. The minimum atomic E-state index is 0.907. The molecule has 0 aromatic heterocycles. The van der Waals surface area contributed by atoms with Crippen LogP contribution < -0.4 is 0 Å². The molecule has 0 saturated carbocycles. The molecule has 0 atom stereocenters. The van der Waals surface area contributed by atoms with Crippen molar-refractivity contribution in [3.8, 4) is 0 Å². The Balaban J connectivity index is 2.49. The normalized spacial score (nSPS) is 13.4. The molecule has 2 aromatic rings. The Morgan fingerprint density at radius 1 is 1.14 bits per heavy atom. The van der Waals surface area contributed by atoms with Crippen LogP contribution in [0.25, 0.3) is 10.8 Å². The van der Waals surface area contributed by atoms with Gasteiger partial charge in [0, 0.05) is 5.56 Å². The fourth-order valence-corrected chi connectivity index (χ4v) is 2.21. The highest BCUT2D eigenvalue weighted by atomic mass is 16.1. The number of fused-ring (bicyclic) bond motifs is 2. The molecule has 0 aliphatic heterocycles. The highest BCUT2D eigenvalue weighted by Gasteiger charge is 2.18. The largest absolute Gasteiger partial charge is 0.298 e. The second-order valence-electron chi connectivity index (χ2n) is 3.77. The number of carbonyl (C=O) groups is 1. The van der Waals surface area contributed by atoms with Crippen LogP contribution in [-0.2, 0) is 12.8 Å². The fourth-order valence-electron chi connectivity index (χ4n) is 2.21. The van der Waals surface area contributed by atoms with Gasteiger partial charge >= 0.3 is 0 Å². The highest BCUT2D eigenvalue weighted by Crippen LogP contribution is 2.32. The van der Waals surface area contributed by atoms with Crippen molar-refractivity contribution in [2.75, 3.05) is 0 Å². The van der Waals surface area contributed by atoms with E-state index in [0.717, 1.165) is 30.1 Å². The van der Waals surface area contributed by atoms with E-state index in [0.29, 0.717) is 0 Å². The van der Waals surface area contributed by atoms with Crippen molar-refractivity contribution in [3.05, 3.63) is 47.0 Å². The van der Waals surface area contributed by atoms with Crippen molar-refractivity contribution in [1.29, 1.82) is 0 Å². The van der Waals surface area contributed by atoms with E-state index in [1.54, 1.807) is 0 Å². The summed E-state index contributed by atoms with van der Waals surface area (Å²) in [5, 5.41) is 2.29. The maximum Gasteiger partial charge on any atom is 0.150 e. The summed E-state index contributed by atoms with van der Waals surface area (Å²) in [5.74, 6) is 0. The molecule has 3 rings (SSSR count). The summed E-state index contributed by atoms with van der Waals surface area (Å²) in [5.41, 5.74) is 3.52. The summed E-state index contributed by atoms with van der Waals surface area (Å²) in [6, 6.07) is 10.3. The molecule has 68 valence electrons. The molecule has 1 nitrogen and oxygen atoms in total. The van der Waals surface area contributed by atoms with Gasteiger partial charge in [0.1, 0.15) is 0 Å². The van der Waals surface area contributed by atoms with Crippen LogP contribution >= 0.6 is 0 Å². The van der Waals surface area contributed by atoms with E-state index in [1.807, 2.05) is 18.2 Å². The summed E-state index contributed by atoms with van der Waals surface area (Å²) in [4.78, 5) is 11.0. The molecule has 0 spiro atoms. The summed E-state index contributed by atoms with van der Waals surface area (Å²) in [6.45, 7) is 0. The lowest BCUT2D eigenvalue weighted by Crippen LogP contribution is -2.12. The van der Waals surface area contributed by atoms with Gasteiger partial charge in [-0.25, -0.2) is 0 Å². The van der Waals surface area contributed by atoms with E-state index in [9.17, 15) is 4.79 Å². The monoisotopic (exact) mass is 182 g/mol.